The molecular formula is C25H32N2O5S. The van der Waals surface area contributed by atoms with Gasteiger partial charge >= 0.3 is 5.97 Å². The van der Waals surface area contributed by atoms with Crippen molar-refractivity contribution in [3.8, 4) is 0 Å². The Morgan fingerprint density at radius 1 is 1.12 bits per heavy atom. The van der Waals surface area contributed by atoms with Crippen LogP contribution in [0.2, 0.25) is 0 Å². The Balaban J connectivity index is 1.71. The van der Waals surface area contributed by atoms with Crippen LogP contribution in [-0.2, 0) is 26.0 Å². The van der Waals surface area contributed by atoms with Gasteiger partial charge in [0.1, 0.15) is 0 Å². The maximum atomic E-state index is 13.1. The first kappa shape index (κ1) is 24.9. The molecule has 2 atom stereocenters. The smallest absolute Gasteiger partial charge is 0.311 e. The van der Waals surface area contributed by atoms with Gasteiger partial charge in [0.25, 0.3) is 5.91 Å². The van der Waals surface area contributed by atoms with Crippen molar-refractivity contribution in [1.82, 2.24) is 9.62 Å². The Labute approximate surface area is 196 Å². The van der Waals surface area contributed by atoms with Crippen LogP contribution in [0.15, 0.2) is 59.5 Å². The minimum Gasteiger partial charge on any atom is -0.466 e. The van der Waals surface area contributed by atoms with E-state index in [0.29, 0.717) is 13.0 Å². The van der Waals surface area contributed by atoms with Gasteiger partial charge in [0.15, 0.2) is 0 Å². The number of rotatable bonds is 9. The number of nitrogens with one attached hydrogen (secondary N) is 1. The Morgan fingerprint density at radius 2 is 1.88 bits per heavy atom. The molecule has 178 valence electrons. The Morgan fingerprint density at radius 3 is 2.58 bits per heavy atom. The average molecular weight is 473 g/mol. The van der Waals surface area contributed by atoms with Gasteiger partial charge in [-0.15, -0.1) is 0 Å². The van der Waals surface area contributed by atoms with Gasteiger partial charge < -0.3 is 10.1 Å². The molecule has 33 heavy (non-hydrogen) atoms. The Kier molecular flexibility index (Phi) is 8.63. The second-order valence-corrected chi connectivity index (χ2v) is 10.2. The Bertz CT molecular complexity index is 1060. The van der Waals surface area contributed by atoms with Crippen molar-refractivity contribution in [2.75, 3.05) is 19.7 Å². The van der Waals surface area contributed by atoms with Crippen molar-refractivity contribution in [2.45, 2.75) is 50.5 Å². The zero-order chi connectivity index (χ0) is 23.8. The molecule has 1 saturated heterocycles. The van der Waals surface area contributed by atoms with Gasteiger partial charge in [-0.2, -0.15) is 4.31 Å². The summed E-state index contributed by atoms with van der Waals surface area (Å²) in [6.45, 7) is 4.49. The van der Waals surface area contributed by atoms with Gasteiger partial charge in [-0.3, -0.25) is 9.59 Å². The van der Waals surface area contributed by atoms with Crippen LogP contribution in [0.25, 0.3) is 0 Å². The van der Waals surface area contributed by atoms with E-state index in [0.717, 1.165) is 24.8 Å². The molecule has 0 bridgehead atoms. The molecule has 0 aromatic heterocycles. The number of amides is 1. The lowest BCUT2D eigenvalue weighted by Gasteiger charge is -2.32. The summed E-state index contributed by atoms with van der Waals surface area (Å²) in [5.41, 5.74) is 1.21. The van der Waals surface area contributed by atoms with Crippen LogP contribution in [0.3, 0.4) is 0 Å². The quantitative estimate of drug-likeness (QED) is 0.565. The fourth-order valence-electron chi connectivity index (χ4n) is 4.08. The topological polar surface area (TPSA) is 92.8 Å². The lowest BCUT2D eigenvalue weighted by atomic mass is 9.99. The first-order valence-electron chi connectivity index (χ1n) is 11.4. The zero-order valence-electron chi connectivity index (χ0n) is 19.2. The number of benzene rings is 2. The van der Waals surface area contributed by atoms with E-state index in [1.54, 1.807) is 19.1 Å². The highest BCUT2D eigenvalue weighted by Crippen LogP contribution is 2.25. The molecule has 0 aliphatic carbocycles. The molecule has 1 aliphatic heterocycles. The summed E-state index contributed by atoms with van der Waals surface area (Å²) in [6.07, 6.45) is 3.11. The molecule has 8 heteroatoms. The molecule has 2 aromatic carbocycles. The van der Waals surface area contributed by atoms with Gasteiger partial charge in [0, 0.05) is 24.7 Å². The summed E-state index contributed by atoms with van der Waals surface area (Å²) in [6, 6.07) is 15.5. The van der Waals surface area contributed by atoms with E-state index in [9.17, 15) is 18.0 Å². The summed E-state index contributed by atoms with van der Waals surface area (Å²) in [5.74, 6) is -1.35. The highest BCUT2D eigenvalue weighted by molar-refractivity contribution is 7.89. The van der Waals surface area contributed by atoms with Crippen molar-refractivity contribution < 1.29 is 22.7 Å². The van der Waals surface area contributed by atoms with Gasteiger partial charge in [0.2, 0.25) is 10.0 Å². The molecule has 1 heterocycles. The third kappa shape index (κ3) is 6.42. The SMILES string of the molecule is CCOC(=O)C(CNC(=O)c1cccc(S(=O)(=O)N2CCCCC2C)c1)Cc1ccccc1. The normalized spacial score (nSPS) is 17.8. The standard InChI is InChI=1S/C25H32N2O5S/c1-3-32-25(29)22(16-20-11-5-4-6-12-20)18-26-24(28)21-13-9-14-23(17-21)33(30,31)27-15-8-7-10-19(27)2/h4-6,9,11-14,17,19,22H,3,7-8,10,15-16,18H2,1-2H3,(H,26,28). The summed E-state index contributed by atoms with van der Waals surface area (Å²) in [7, 11) is -3.68. The summed E-state index contributed by atoms with van der Waals surface area (Å²) in [4.78, 5) is 25.4. The van der Waals surface area contributed by atoms with Gasteiger partial charge in [-0.1, -0.05) is 42.8 Å². The van der Waals surface area contributed by atoms with E-state index in [-0.39, 0.29) is 35.6 Å². The molecule has 0 radical (unpaired) electrons. The monoisotopic (exact) mass is 472 g/mol. The van der Waals surface area contributed by atoms with Gasteiger partial charge in [0.05, 0.1) is 17.4 Å². The summed E-state index contributed by atoms with van der Waals surface area (Å²) >= 11 is 0. The van der Waals surface area contributed by atoms with Crippen LogP contribution in [0.5, 0.6) is 0 Å². The second kappa shape index (κ2) is 11.4. The summed E-state index contributed by atoms with van der Waals surface area (Å²) in [5, 5.41) is 2.78. The molecule has 7 nitrogen and oxygen atoms in total. The molecule has 1 aliphatic rings. The van der Waals surface area contributed by atoms with Crippen molar-refractivity contribution >= 4 is 21.9 Å². The fraction of sp³-hybridized carbons (Fsp3) is 0.440. The molecule has 1 N–H and O–H groups in total. The van der Waals surface area contributed by atoms with Crippen molar-refractivity contribution in [3.63, 3.8) is 0 Å². The van der Waals surface area contributed by atoms with Crippen molar-refractivity contribution in [2.24, 2.45) is 5.92 Å². The number of nitrogens with zero attached hydrogens (tertiary/aromatic N) is 1. The number of sulfonamides is 1. The number of carbonyl (C=O) groups excluding carboxylic acids is 2. The van der Waals surface area contributed by atoms with Gasteiger partial charge in [-0.25, -0.2) is 8.42 Å². The highest BCUT2D eigenvalue weighted by atomic mass is 32.2. The molecule has 3 rings (SSSR count). The van der Waals surface area contributed by atoms with Crippen LogP contribution in [-0.4, -0.2) is 50.3 Å². The number of esters is 1. The van der Waals surface area contributed by atoms with Crippen LogP contribution >= 0.6 is 0 Å². The fourth-order valence-corrected chi connectivity index (χ4v) is 5.82. The number of carbonyl (C=O) groups is 2. The zero-order valence-corrected chi connectivity index (χ0v) is 20.0. The van der Waals surface area contributed by atoms with Crippen molar-refractivity contribution in [1.29, 1.82) is 0 Å². The predicted molar refractivity (Wildman–Crippen MR) is 126 cm³/mol. The molecule has 0 saturated carbocycles. The Hall–Kier alpha value is -2.71. The largest absolute Gasteiger partial charge is 0.466 e. The first-order chi connectivity index (χ1) is 15.8. The van der Waals surface area contributed by atoms with E-state index in [1.807, 2.05) is 37.3 Å². The van der Waals surface area contributed by atoms with Gasteiger partial charge in [-0.05, 0) is 56.9 Å². The van der Waals surface area contributed by atoms with E-state index in [1.165, 1.54) is 16.4 Å². The van der Waals surface area contributed by atoms with E-state index >= 15 is 0 Å². The predicted octanol–water partition coefficient (Wildman–Crippen LogP) is 3.40. The highest BCUT2D eigenvalue weighted by Gasteiger charge is 2.31. The average Bonchev–Trinajstić information content (AvgIpc) is 2.82. The van der Waals surface area contributed by atoms with E-state index in [2.05, 4.69) is 5.32 Å². The molecule has 2 aromatic rings. The number of piperidine rings is 1. The van der Waals surface area contributed by atoms with Crippen LogP contribution in [0.4, 0.5) is 0 Å². The van der Waals surface area contributed by atoms with Crippen LogP contribution in [0, 0.1) is 5.92 Å². The molecule has 2 unspecified atom stereocenters. The molecular weight excluding hydrogens is 440 g/mol. The van der Waals surface area contributed by atoms with E-state index in [4.69, 9.17) is 4.74 Å². The van der Waals surface area contributed by atoms with Crippen LogP contribution in [0.1, 0.15) is 49.0 Å². The van der Waals surface area contributed by atoms with E-state index < -0.39 is 21.8 Å². The molecule has 1 amide bonds. The lowest BCUT2D eigenvalue weighted by molar-refractivity contribution is -0.147. The molecule has 0 spiro atoms. The van der Waals surface area contributed by atoms with Crippen molar-refractivity contribution in [3.05, 3.63) is 65.7 Å². The molecule has 1 fully saturated rings. The minimum absolute atomic E-state index is 0.0652. The number of hydrogen-bond donors (Lipinski definition) is 1. The first-order valence-corrected chi connectivity index (χ1v) is 12.9. The second-order valence-electron chi connectivity index (χ2n) is 8.34. The summed E-state index contributed by atoms with van der Waals surface area (Å²) < 4.78 is 33.0. The van der Waals surface area contributed by atoms with Crippen LogP contribution < -0.4 is 5.32 Å². The lowest BCUT2D eigenvalue weighted by Crippen LogP contribution is -2.42. The number of hydrogen-bond acceptors (Lipinski definition) is 5. The number of ether oxygens (including phenoxy) is 1. The maximum absolute atomic E-state index is 13.1. The third-order valence-corrected chi connectivity index (χ3v) is 7.91. The maximum Gasteiger partial charge on any atom is 0.311 e. The minimum atomic E-state index is -3.68. The third-order valence-electron chi connectivity index (χ3n) is 5.90.